The van der Waals surface area contributed by atoms with Gasteiger partial charge in [-0.2, -0.15) is 0 Å². The number of carbonyl (C=O) groups is 1. The number of amides is 1. The molecule has 0 unspecified atom stereocenters. The maximum Gasteiger partial charge on any atom is 0.252 e. The van der Waals surface area contributed by atoms with Crippen LogP contribution in [-0.4, -0.2) is 13.0 Å². The third-order valence-corrected chi connectivity index (χ3v) is 2.58. The molecule has 1 aromatic rings. The van der Waals surface area contributed by atoms with Crippen molar-refractivity contribution in [1.29, 1.82) is 0 Å². The molecule has 2 nitrogen and oxygen atoms in total. The van der Waals surface area contributed by atoms with E-state index in [2.05, 4.69) is 37.2 Å². The average molecular weight is 293 g/mol. The molecule has 0 fully saturated rings. The fraction of sp³-hybridized carbons (Fsp3) is 0.125. The van der Waals surface area contributed by atoms with Gasteiger partial charge in [0.05, 0.1) is 5.56 Å². The molecule has 1 aromatic carbocycles. The summed E-state index contributed by atoms with van der Waals surface area (Å²) in [4.78, 5) is 11.2. The van der Waals surface area contributed by atoms with Crippen molar-refractivity contribution in [2.75, 3.05) is 7.05 Å². The maximum absolute atomic E-state index is 11.2. The van der Waals surface area contributed by atoms with Crippen molar-refractivity contribution >= 4 is 37.8 Å². The summed E-state index contributed by atoms with van der Waals surface area (Å²) < 4.78 is 1.69. The van der Waals surface area contributed by atoms with E-state index < -0.39 is 0 Å². The maximum atomic E-state index is 11.2. The van der Waals surface area contributed by atoms with Crippen LogP contribution in [0, 0.1) is 0 Å². The Labute approximate surface area is 87.6 Å². The first-order valence-electron chi connectivity index (χ1n) is 3.32. The standard InChI is InChI=1S/C8H7Br2NO/c1-11-8(12)6-4-5(9)2-3-7(6)10/h2-4H,1H3,(H,11,12). The van der Waals surface area contributed by atoms with Crippen LogP contribution >= 0.6 is 31.9 Å². The van der Waals surface area contributed by atoms with E-state index in [-0.39, 0.29) is 5.91 Å². The lowest BCUT2D eigenvalue weighted by atomic mass is 10.2. The van der Waals surface area contributed by atoms with Gasteiger partial charge < -0.3 is 5.32 Å². The minimum absolute atomic E-state index is 0.0943. The van der Waals surface area contributed by atoms with Crippen LogP contribution in [0.5, 0.6) is 0 Å². The van der Waals surface area contributed by atoms with Gasteiger partial charge in [0, 0.05) is 16.0 Å². The smallest absolute Gasteiger partial charge is 0.252 e. The van der Waals surface area contributed by atoms with Gasteiger partial charge in [0.1, 0.15) is 0 Å². The van der Waals surface area contributed by atoms with E-state index in [9.17, 15) is 4.79 Å². The summed E-state index contributed by atoms with van der Waals surface area (Å²) >= 11 is 6.58. The summed E-state index contributed by atoms with van der Waals surface area (Å²) in [5.74, 6) is -0.0943. The van der Waals surface area contributed by atoms with Crippen LogP contribution in [0.2, 0.25) is 0 Å². The molecule has 0 bridgehead atoms. The molecule has 0 aliphatic carbocycles. The second-order valence-corrected chi connectivity index (χ2v) is 3.97. The number of rotatable bonds is 1. The highest BCUT2D eigenvalue weighted by Crippen LogP contribution is 2.21. The van der Waals surface area contributed by atoms with Gasteiger partial charge in [0.15, 0.2) is 0 Å². The lowest BCUT2D eigenvalue weighted by Gasteiger charge is -2.02. The summed E-state index contributed by atoms with van der Waals surface area (Å²) in [7, 11) is 1.61. The van der Waals surface area contributed by atoms with Gasteiger partial charge in [-0.25, -0.2) is 0 Å². The van der Waals surface area contributed by atoms with Gasteiger partial charge in [-0.05, 0) is 34.1 Å². The van der Waals surface area contributed by atoms with Crippen LogP contribution in [0.4, 0.5) is 0 Å². The first-order chi connectivity index (χ1) is 5.65. The van der Waals surface area contributed by atoms with Gasteiger partial charge in [-0.3, -0.25) is 4.79 Å². The molecule has 1 rings (SSSR count). The highest BCUT2D eigenvalue weighted by Gasteiger charge is 2.07. The third-order valence-electron chi connectivity index (χ3n) is 1.40. The van der Waals surface area contributed by atoms with Crippen molar-refractivity contribution in [3.8, 4) is 0 Å². The van der Waals surface area contributed by atoms with Gasteiger partial charge >= 0.3 is 0 Å². The normalized spacial score (nSPS) is 9.58. The number of benzene rings is 1. The second kappa shape index (κ2) is 4.05. The van der Waals surface area contributed by atoms with Crippen LogP contribution < -0.4 is 5.32 Å². The molecule has 64 valence electrons. The molecule has 4 heteroatoms. The van der Waals surface area contributed by atoms with Crippen molar-refractivity contribution in [1.82, 2.24) is 5.32 Å². The van der Waals surface area contributed by atoms with E-state index in [0.717, 1.165) is 8.95 Å². The number of nitrogens with one attached hydrogen (secondary N) is 1. The quantitative estimate of drug-likeness (QED) is 0.847. The molecule has 0 heterocycles. The number of halogens is 2. The molecular weight excluding hydrogens is 286 g/mol. The van der Waals surface area contributed by atoms with Crippen LogP contribution in [0.25, 0.3) is 0 Å². The van der Waals surface area contributed by atoms with E-state index in [0.29, 0.717) is 5.56 Å². The third kappa shape index (κ3) is 2.08. The fourth-order valence-corrected chi connectivity index (χ4v) is 1.59. The molecule has 0 aliphatic rings. The zero-order chi connectivity index (χ0) is 9.14. The molecule has 0 aliphatic heterocycles. The molecule has 0 spiro atoms. The zero-order valence-electron chi connectivity index (χ0n) is 6.40. The Morgan fingerprint density at radius 1 is 1.42 bits per heavy atom. The molecular formula is C8H7Br2NO. The fourth-order valence-electron chi connectivity index (χ4n) is 0.806. The Balaban J connectivity index is 3.13. The minimum Gasteiger partial charge on any atom is -0.355 e. The van der Waals surface area contributed by atoms with Gasteiger partial charge in [-0.15, -0.1) is 0 Å². The predicted molar refractivity (Wildman–Crippen MR) is 55.2 cm³/mol. The molecule has 1 N–H and O–H groups in total. The molecule has 0 saturated heterocycles. The molecule has 1 amide bonds. The Bertz CT molecular complexity index is 312. The van der Waals surface area contributed by atoms with E-state index in [1.807, 2.05) is 12.1 Å². The van der Waals surface area contributed by atoms with Crippen LogP contribution in [0.3, 0.4) is 0 Å². The number of hydrogen-bond donors (Lipinski definition) is 1. The van der Waals surface area contributed by atoms with E-state index in [1.54, 1.807) is 13.1 Å². The van der Waals surface area contributed by atoms with Crippen molar-refractivity contribution in [2.45, 2.75) is 0 Å². The lowest BCUT2D eigenvalue weighted by Crippen LogP contribution is -2.18. The number of hydrogen-bond acceptors (Lipinski definition) is 1. The summed E-state index contributed by atoms with van der Waals surface area (Å²) in [6.07, 6.45) is 0. The predicted octanol–water partition coefficient (Wildman–Crippen LogP) is 2.57. The summed E-state index contributed by atoms with van der Waals surface area (Å²) in [6, 6.07) is 5.47. The highest BCUT2D eigenvalue weighted by atomic mass is 79.9. The summed E-state index contributed by atoms with van der Waals surface area (Å²) in [6.45, 7) is 0. The van der Waals surface area contributed by atoms with Crippen molar-refractivity contribution < 1.29 is 4.79 Å². The molecule has 0 aromatic heterocycles. The Morgan fingerprint density at radius 2 is 2.08 bits per heavy atom. The van der Waals surface area contributed by atoms with Crippen molar-refractivity contribution in [3.63, 3.8) is 0 Å². The SMILES string of the molecule is CNC(=O)c1cc(Br)ccc1Br. The first kappa shape index (κ1) is 9.74. The monoisotopic (exact) mass is 291 g/mol. The molecule has 0 saturated carbocycles. The van der Waals surface area contributed by atoms with E-state index in [4.69, 9.17) is 0 Å². The van der Waals surface area contributed by atoms with Gasteiger partial charge in [0.25, 0.3) is 5.91 Å². The van der Waals surface area contributed by atoms with Gasteiger partial charge in [-0.1, -0.05) is 15.9 Å². The van der Waals surface area contributed by atoms with E-state index >= 15 is 0 Å². The highest BCUT2D eigenvalue weighted by molar-refractivity contribution is 9.11. The topological polar surface area (TPSA) is 29.1 Å². The molecule has 0 radical (unpaired) electrons. The van der Waals surface area contributed by atoms with Gasteiger partial charge in [0.2, 0.25) is 0 Å². The van der Waals surface area contributed by atoms with Crippen molar-refractivity contribution in [3.05, 3.63) is 32.7 Å². The lowest BCUT2D eigenvalue weighted by molar-refractivity contribution is 0.0962. The van der Waals surface area contributed by atoms with Crippen molar-refractivity contribution in [2.24, 2.45) is 0 Å². The van der Waals surface area contributed by atoms with Crippen LogP contribution in [0.1, 0.15) is 10.4 Å². The average Bonchev–Trinajstić information content (AvgIpc) is 2.08. The largest absolute Gasteiger partial charge is 0.355 e. The Hall–Kier alpha value is -0.350. The van der Waals surface area contributed by atoms with Crippen LogP contribution in [-0.2, 0) is 0 Å². The summed E-state index contributed by atoms with van der Waals surface area (Å²) in [5, 5.41) is 2.56. The second-order valence-electron chi connectivity index (χ2n) is 2.20. The minimum atomic E-state index is -0.0943. The first-order valence-corrected chi connectivity index (χ1v) is 4.91. The number of carbonyl (C=O) groups excluding carboxylic acids is 1. The summed E-state index contributed by atoms with van der Waals surface area (Å²) in [5.41, 5.74) is 0.631. The van der Waals surface area contributed by atoms with E-state index in [1.165, 1.54) is 0 Å². The zero-order valence-corrected chi connectivity index (χ0v) is 9.57. The Morgan fingerprint density at radius 3 is 2.67 bits per heavy atom. The molecule has 0 atom stereocenters. The molecule has 12 heavy (non-hydrogen) atoms. The Kier molecular flexibility index (Phi) is 3.29. The van der Waals surface area contributed by atoms with Crippen LogP contribution in [0.15, 0.2) is 27.1 Å².